The Morgan fingerprint density at radius 3 is 2.31 bits per heavy atom. The van der Waals surface area contributed by atoms with Crippen LogP contribution in [0.2, 0.25) is 0 Å². The van der Waals surface area contributed by atoms with Gasteiger partial charge >= 0.3 is 0 Å². The molecule has 6 heteroatoms. The van der Waals surface area contributed by atoms with Crippen LogP contribution in [0.1, 0.15) is 6.92 Å². The van der Waals surface area contributed by atoms with E-state index in [1.807, 2.05) is 30.3 Å². The predicted octanol–water partition coefficient (Wildman–Crippen LogP) is 3.61. The largest absolute Gasteiger partial charge is 0.340 e. The van der Waals surface area contributed by atoms with Gasteiger partial charge in [-0.1, -0.05) is 64.8 Å². The van der Waals surface area contributed by atoms with E-state index in [9.17, 15) is 4.79 Å². The Bertz CT molecular complexity index is 353. The quantitative estimate of drug-likeness (QED) is 0.525. The standard InChI is InChI=1S/C10H10Cl3NOS/c1-7(15)14-9(10(11,12)13)16-8-5-3-2-4-6-8/h2-6,9H,1H3,(H,14,15). The van der Waals surface area contributed by atoms with Crippen LogP contribution in [0.4, 0.5) is 0 Å². The molecule has 0 aliphatic carbocycles. The Balaban J connectivity index is 2.75. The summed E-state index contributed by atoms with van der Waals surface area (Å²) in [6.07, 6.45) is 0. The van der Waals surface area contributed by atoms with Crippen LogP contribution in [-0.4, -0.2) is 15.1 Å². The maximum Gasteiger partial charge on any atom is 0.220 e. The molecule has 2 nitrogen and oxygen atoms in total. The smallest absolute Gasteiger partial charge is 0.220 e. The van der Waals surface area contributed by atoms with Gasteiger partial charge in [0, 0.05) is 11.8 Å². The molecule has 1 N–H and O–H groups in total. The minimum absolute atomic E-state index is 0.236. The molecule has 0 aliphatic heterocycles. The summed E-state index contributed by atoms with van der Waals surface area (Å²) in [6.45, 7) is 1.38. The molecule has 0 saturated carbocycles. The molecule has 1 atom stereocenters. The molecule has 0 fully saturated rings. The van der Waals surface area contributed by atoms with Crippen molar-refractivity contribution in [2.75, 3.05) is 0 Å². The second-order valence-electron chi connectivity index (χ2n) is 3.05. The molecular formula is C10H10Cl3NOS. The number of benzene rings is 1. The molecule has 88 valence electrons. The Morgan fingerprint density at radius 1 is 1.31 bits per heavy atom. The number of hydrogen-bond acceptors (Lipinski definition) is 2. The van der Waals surface area contributed by atoms with Gasteiger partial charge in [-0.25, -0.2) is 0 Å². The van der Waals surface area contributed by atoms with Crippen molar-refractivity contribution < 1.29 is 4.79 Å². The van der Waals surface area contributed by atoms with Crippen LogP contribution in [0.25, 0.3) is 0 Å². The third-order valence-corrected chi connectivity index (χ3v) is 3.92. The number of carbonyl (C=O) groups excluding carboxylic acids is 1. The van der Waals surface area contributed by atoms with Gasteiger partial charge in [0.15, 0.2) is 0 Å². The highest BCUT2D eigenvalue weighted by Crippen LogP contribution is 2.39. The molecule has 0 bridgehead atoms. The molecule has 0 aliphatic rings. The second kappa shape index (κ2) is 6.01. The number of hydrogen-bond donors (Lipinski definition) is 1. The fourth-order valence-electron chi connectivity index (χ4n) is 0.998. The Labute approximate surface area is 114 Å². The van der Waals surface area contributed by atoms with Crippen molar-refractivity contribution in [2.45, 2.75) is 21.0 Å². The predicted molar refractivity (Wildman–Crippen MR) is 70.2 cm³/mol. The molecule has 1 amide bonds. The topological polar surface area (TPSA) is 29.1 Å². The van der Waals surface area contributed by atoms with E-state index in [0.717, 1.165) is 4.90 Å². The fraction of sp³-hybridized carbons (Fsp3) is 0.300. The van der Waals surface area contributed by atoms with Crippen molar-refractivity contribution >= 4 is 52.5 Å². The monoisotopic (exact) mass is 297 g/mol. The lowest BCUT2D eigenvalue weighted by Crippen LogP contribution is -2.40. The maximum absolute atomic E-state index is 11.0. The summed E-state index contributed by atoms with van der Waals surface area (Å²) in [5, 5.41) is 1.98. The summed E-state index contributed by atoms with van der Waals surface area (Å²) in [4.78, 5) is 11.9. The van der Waals surface area contributed by atoms with Gasteiger partial charge in [0.25, 0.3) is 0 Å². The number of nitrogens with one attached hydrogen (secondary N) is 1. The van der Waals surface area contributed by atoms with Crippen molar-refractivity contribution in [3.05, 3.63) is 30.3 Å². The molecule has 0 saturated heterocycles. The van der Waals surface area contributed by atoms with E-state index in [1.54, 1.807) is 0 Å². The van der Waals surface area contributed by atoms with Gasteiger partial charge in [0.1, 0.15) is 5.37 Å². The lowest BCUT2D eigenvalue weighted by molar-refractivity contribution is -0.119. The van der Waals surface area contributed by atoms with E-state index in [2.05, 4.69) is 5.32 Å². The van der Waals surface area contributed by atoms with E-state index in [0.29, 0.717) is 0 Å². The zero-order chi connectivity index (χ0) is 12.2. The first kappa shape index (κ1) is 14.0. The van der Waals surface area contributed by atoms with E-state index < -0.39 is 9.17 Å². The molecule has 1 aromatic carbocycles. The Hall–Kier alpha value is -0.0900. The summed E-state index contributed by atoms with van der Waals surface area (Å²) in [6, 6.07) is 9.43. The molecule has 1 unspecified atom stereocenters. The van der Waals surface area contributed by atoms with Gasteiger partial charge in [-0.15, -0.1) is 0 Å². The second-order valence-corrected chi connectivity index (χ2v) is 6.60. The van der Waals surface area contributed by atoms with Crippen LogP contribution < -0.4 is 5.32 Å². The van der Waals surface area contributed by atoms with Gasteiger partial charge in [0.05, 0.1) is 0 Å². The summed E-state index contributed by atoms with van der Waals surface area (Å²) < 4.78 is -1.55. The van der Waals surface area contributed by atoms with Gasteiger partial charge in [-0.05, 0) is 12.1 Å². The first-order valence-electron chi connectivity index (χ1n) is 4.45. The minimum Gasteiger partial charge on any atom is -0.340 e. The van der Waals surface area contributed by atoms with Crippen molar-refractivity contribution in [3.63, 3.8) is 0 Å². The number of halogens is 3. The SMILES string of the molecule is CC(=O)NC(Sc1ccccc1)C(Cl)(Cl)Cl. The van der Waals surface area contributed by atoms with Crippen LogP contribution in [0, 0.1) is 0 Å². The molecule has 1 rings (SSSR count). The zero-order valence-corrected chi connectivity index (χ0v) is 11.5. The van der Waals surface area contributed by atoms with Crippen molar-refractivity contribution in [1.82, 2.24) is 5.32 Å². The number of rotatable bonds is 3. The first-order chi connectivity index (χ1) is 7.39. The Kier molecular flexibility index (Phi) is 5.25. The normalized spacial score (nSPS) is 13.2. The minimum atomic E-state index is -1.55. The highest BCUT2D eigenvalue weighted by Gasteiger charge is 2.34. The highest BCUT2D eigenvalue weighted by atomic mass is 35.6. The maximum atomic E-state index is 11.0. The van der Waals surface area contributed by atoms with E-state index in [-0.39, 0.29) is 5.91 Å². The van der Waals surface area contributed by atoms with Crippen LogP contribution in [-0.2, 0) is 4.79 Å². The third-order valence-electron chi connectivity index (χ3n) is 1.63. The molecule has 16 heavy (non-hydrogen) atoms. The number of carbonyl (C=O) groups is 1. The lowest BCUT2D eigenvalue weighted by atomic mass is 10.4. The summed E-state index contributed by atoms with van der Waals surface area (Å²) in [5.74, 6) is -0.236. The van der Waals surface area contributed by atoms with Crippen LogP contribution in [0.15, 0.2) is 35.2 Å². The van der Waals surface area contributed by atoms with Crippen LogP contribution in [0.5, 0.6) is 0 Å². The summed E-state index contributed by atoms with van der Waals surface area (Å²) >= 11 is 18.7. The number of amides is 1. The van der Waals surface area contributed by atoms with E-state index >= 15 is 0 Å². The zero-order valence-electron chi connectivity index (χ0n) is 8.41. The Morgan fingerprint density at radius 2 is 1.88 bits per heavy atom. The molecule has 0 radical (unpaired) electrons. The van der Waals surface area contributed by atoms with Crippen molar-refractivity contribution in [1.29, 1.82) is 0 Å². The molecule has 1 aromatic rings. The van der Waals surface area contributed by atoms with Gasteiger partial charge < -0.3 is 5.32 Å². The molecular weight excluding hydrogens is 289 g/mol. The fourth-order valence-corrected chi connectivity index (χ4v) is 2.51. The van der Waals surface area contributed by atoms with Crippen molar-refractivity contribution in [3.8, 4) is 0 Å². The molecule has 0 spiro atoms. The van der Waals surface area contributed by atoms with Crippen LogP contribution >= 0.6 is 46.6 Å². The van der Waals surface area contributed by atoms with Gasteiger partial charge in [-0.2, -0.15) is 0 Å². The summed E-state index contributed by atoms with van der Waals surface area (Å²) in [5.41, 5.74) is 0. The molecule has 0 heterocycles. The van der Waals surface area contributed by atoms with Gasteiger partial charge in [-0.3, -0.25) is 4.79 Å². The van der Waals surface area contributed by atoms with E-state index in [1.165, 1.54) is 18.7 Å². The van der Waals surface area contributed by atoms with E-state index in [4.69, 9.17) is 34.8 Å². The number of alkyl halides is 3. The van der Waals surface area contributed by atoms with Crippen molar-refractivity contribution in [2.24, 2.45) is 0 Å². The average molecular weight is 299 g/mol. The first-order valence-corrected chi connectivity index (χ1v) is 6.46. The van der Waals surface area contributed by atoms with Gasteiger partial charge in [0.2, 0.25) is 9.70 Å². The summed E-state index contributed by atoms with van der Waals surface area (Å²) in [7, 11) is 0. The van der Waals surface area contributed by atoms with Crippen LogP contribution in [0.3, 0.4) is 0 Å². The average Bonchev–Trinajstić information content (AvgIpc) is 2.16. The molecule has 0 aromatic heterocycles. The number of thioether (sulfide) groups is 1. The highest BCUT2D eigenvalue weighted by molar-refractivity contribution is 8.00. The lowest BCUT2D eigenvalue weighted by Gasteiger charge is -2.24. The third kappa shape index (κ3) is 4.83.